The molecule has 7 atom stereocenters. The number of hydrogen-bond donors (Lipinski definition) is 12. The van der Waals surface area contributed by atoms with E-state index in [1.807, 2.05) is 19.1 Å². The molecule has 0 unspecified atom stereocenters. The molecule has 7 rings (SSSR count). The lowest BCUT2D eigenvalue weighted by molar-refractivity contribution is -0.146. The minimum absolute atomic E-state index is 0.0413. The molecular formula is C61H73N11O14. The van der Waals surface area contributed by atoms with Crippen molar-refractivity contribution in [2.24, 2.45) is 0 Å². The Labute approximate surface area is 495 Å². The van der Waals surface area contributed by atoms with Crippen molar-refractivity contribution in [1.29, 1.82) is 0 Å². The first kappa shape index (κ1) is 63.8. The van der Waals surface area contributed by atoms with E-state index in [4.69, 9.17) is 0 Å². The van der Waals surface area contributed by atoms with Crippen molar-refractivity contribution in [2.45, 2.75) is 120 Å². The topological polar surface area (TPSA) is 367 Å². The second-order valence-corrected chi connectivity index (χ2v) is 21.4. The fourth-order valence-corrected chi connectivity index (χ4v) is 10.4. The number of carboxylic acid groups (broad SMARTS) is 1. The Morgan fingerprint density at radius 1 is 0.558 bits per heavy atom. The Morgan fingerprint density at radius 3 is 1.88 bits per heavy atom. The third kappa shape index (κ3) is 18.1. The molecule has 3 heterocycles. The number of rotatable bonds is 14. The molecule has 0 aliphatic carbocycles. The number of para-hydroxylation sites is 1. The van der Waals surface area contributed by atoms with Crippen LogP contribution in [0.15, 0.2) is 109 Å². The summed E-state index contributed by atoms with van der Waals surface area (Å²) in [6.45, 7) is -0.224. The van der Waals surface area contributed by atoms with E-state index in [1.165, 1.54) is 43.4 Å². The number of fused-ring (bicyclic) bond motifs is 2. The third-order valence-electron chi connectivity index (χ3n) is 15.0. The number of nitrogens with zero attached hydrogens (tertiary/aromatic N) is 2. The molecule has 456 valence electrons. The van der Waals surface area contributed by atoms with E-state index < -0.39 is 133 Å². The number of H-pyrrole nitrogens is 1. The molecule has 86 heavy (non-hydrogen) atoms. The van der Waals surface area contributed by atoms with Crippen molar-refractivity contribution in [3.05, 3.63) is 132 Å². The van der Waals surface area contributed by atoms with E-state index in [2.05, 4.69) is 47.5 Å². The van der Waals surface area contributed by atoms with Crippen molar-refractivity contribution in [1.82, 2.24) is 57.3 Å². The molecule has 4 aromatic carbocycles. The first-order valence-corrected chi connectivity index (χ1v) is 28.5. The van der Waals surface area contributed by atoms with Gasteiger partial charge in [-0.3, -0.25) is 52.7 Å². The minimum atomic E-state index is -1.79. The molecule has 25 heteroatoms. The van der Waals surface area contributed by atoms with Crippen LogP contribution in [0, 0.1) is 0 Å². The molecule has 12 N–H and O–H groups in total. The molecule has 2 saturated heterocycles. The fraction of sp³-hybridized carbons (Fsp3) is 0.393. The number of aromatic hydroxyl groups is 2. The Kier molecular flexibility index (Phi) is 22.7. The molecule has 0 bridgehead atoms. The average molecular weight is 1180 g/mol. The maximum absolute atomic E-state index is 14.8. The van der Waals surface area contributed by atoms with E-state index in [0.717, 1.165) is 21.7 Å². The van der Waals surface area contributed by atoms with Crippen molar-refractivity contribution in [3.8, 4) is 11.5 Å². The maximum Gasteiger partial charge on any atom is 0.305 e. The largest absolute Gasteiger partial charge is 0.508 e. The number of hydrogen-bond acceptors (Lipinski definition) is 13. The third-order valence-corrected chi connectivity index (χ3v) is 15.0. The minimum Gasteiger partial charge on any atom is -0.508 e. The van der Waals surface area contributed by atoms with E-state index >= 15 is 0 Å². The number of benzene rings is 4. The number of nitrogens with one attached hydrogen (secondary N) is 9. The van der Waals surface area contributed by atoms with Crippen LogP contribution in [0.4, 0.5) is 0 Å². The highest BCUT2D eigenvalue weighted by Crippen LogP contribution is 2.22. The van der Waals surface area contributed by atoms with Crippen LogP contribution in [0.25, 0.3) is 10.9 Å². The van der Waals surface area contributed by atoms with Gasteiger partial charge < -0.3 is 72.6 Å². The highest BCUT2D eigenvalue weighted by molar-refractivity contribution is 5.99. The number of carbonyl (C=O) groups excluding carboxylic acids is 10. The smallest absolute Gasteiger partial charge is 0.305 e. The lowest BCUT2D eigenvalue weighted by Gasteiger charge is -2.30. The van der Waals surface area contributed by atoms with E-state index in [1.54, 1.807) is 60.8 Å². The van der Waals surface area contributed by atoms with Gasteiger partial charge in [0.1, 0.15) is 53.8 Å². The van der Waals surface area contributed by atoms with Crippen LogP contribution in [-0.4, -0.2) is 171 Å². The maximum atomic E-state index is 14.8. The van der Waals surface area contributed by atoms with Crippen molar-refractivity contribution in [3.63, 3.8) is 0 Å². The Balaban J connectivity index is 1.24. The molecule has 0 spiro atoms. The predicted molar refractivity (Wildman–Crippen MR) is 312 cm³/mol. The summed E-state index contributed by atoms with van der Waals surface area (Å²) >= 11 is 0. The summed E-state index contributed by atoms with van der Waals surface area (Å²) in [7, 11) is 1.34. The van der Waals surface area contributed by atoms with E-state index in [0.29, 0.717) is 40.5 Å². The van der Waals surface area contributed by atoms with Crippen LogP contribution in [0.5, 0.6) is 11.5 Å². The number of aromatic amines is 1. The number of carboxylic acids is 1. The Hall–Kier alpha value is -9.81. The number of aliphatic carboxylic acids is 1. The predicted octanol–water partition coefficient (Wildman–Crippen LogP) is 0.509. The van der Waals surface area contributed by atoms with Gasteiger partial charge in [-0.05, 0) is 71.8 Å². The van der Waals surface area contributed by atoms with Crippen LogP contribution in [0.1, 0.15) is 74.1 Å². The molecule has 10 amide bonds. The van der Waals surface area contributed by atoms with Gasteiger partial charge in [0.25, 0.3) is 0 Å². The number of aromatic nitrogens is 1. The van der Waals surface area contributed by atoms with Crippen molar-refractivity contribution in [2.75, 3.05) is 33.2 Å². The second kappa shape index (κ2) is 30.7. The summed E-state index contributed by atoms with van der Waals surface area (Å²) in [5.41, 5.74) is 2.76. The van der Waals surface area contributed by atoms with Crippen molar-refractivity contribution < 1.29 is 68.1 Å². The summed E-state index contributed by atoms with van der Waals surface area (Å²) < 4.78 is 0. The van der Waals surface area contributed by atoms with Crippen molar-refractivity contribution >= 4 is 75.9 Å². The zero-order valence-corrected chi connectivity index (χ0v) is 47.8. The second-order valence-electron chi connectivity index (χ2n) is 21.4. The highest BCUT2D eigenvalue weighted by atomic mass is 16.4. The first-order chi connectivity index (χ1) is 41.3. The number of phenolic OH excluding ortho intramolecular Hbond substituents is 2. The number of amides is 10. The van der Waals surface area contributed by atoms with Gasteiger partial charge in [-0.1, -0.05) is 99.0 Å². The number of phenols is 2. The number of carbonyl (C=O) groups is 11. The molecule has 0 saturated carbocycles. The van der Waals surface area contributed by atoms with Gasteiger partial charge in [0.05, 0.1) is 26.1 Å². The van der Waals surface area contributed by atoms with Crippen LogP contribution in [0.3, 0.4) is 0 Å². The standard InChI is InChI=1S/C61H73N11O14/c1-3-4-6-19-44-56(81)68-47(30-39-32-62-43-18-10-9-17-42(39)43)55(80)64-34-52(76)66-45(28-38-15-11-16-41(74)26-38)57(82)70-48(31-54(78)79)61(86)72-25-12-20-49(72)59(84)65-33-51(75)63-35-53(77)71(2)50(29-36-13-7-5-8-14-36)60(85)69-46(58(83)67-44)27-37-21-23-40(73)24-22-37/h5,7-11,13-18,21-24,26,32,44-50,62,73-74H,3-4,6,12,19-20,25,27-31,33-35H2,1-2H3,(H,63,75)(H,64,80)(H,65,84)(H,66,76)(H,67,83)(H,68,81)(H,69,85)(H,70,82)(H,78,79)/t44-,45-,46-,47-,48-,49+,50-/m0/s1. The molecule has 0 radical (unpaired) electrons. The molecule has 5 aromatic rings. The van der Waals surface area contributed by atoms with Gasteiger partial charge in [0, 0.05) is 56.4 Å². The normalized spacial score (nSPS) is 22.3. The molecule has 2 aliphatic rings. The molecular weight excluding hydrogens is 1110 g/mol. The monoisotopic (exact) mass is 1180 g/mol. The van der Waals surface area contributed by atoms with Crippen LogP contribution >= 0.6 is 0 Å². The van der Waals surface area contributed by atoms with E-state index in [9.17, 15) is 68.1 Å². The lowest BCUT2D eigenvalue weighted by atomic mass is 10.00. The van der Waals surface area contributed by atoms with Gasteiger partial charge in [-0.25, -0.2) is 0 Å². The summed E-state index contributed by atoms with van der Waals surface area (Å²) in [6, 6.07) is 17.4. The van der Waals surface area contributed by atoms with Gasteiger partial charge >= 0.3 is 5.97 Å². The SMILES string of the molecule is CCCCC[C@@H]1NC(=O)[C@H](Cc2ccc(O)cc2)NC(=O)[C@H](Cc2ccccc2)N(C)C(=O)CNC(=O)CNC(=O)[C@H]2CCCN2C(=O)[C@H](CC(=O)O)NC(=O)[C@H](Cc2cccc(O)c2)NC(=O)CNC(=O)[C@H](Cc2c[nH]c3ccccc23)NC1=O. The van der Waals surface area contributed by atoms with E-state index in [-0.39, 0.29) is 63.0 Å². The Morgan fingerprint density at radius 2 is 1.16 bits per heavy atom. The number of unbranched alkanes of at least 4 members (excludes halogenated alkanes) is 2. The summed E-state index contributed by atoms with van der Waals surface area (Å²) in [4.78, 5) is 160. The molecule has 2 fully saturated rings. The molecule has 25 nitrogen and oxygen atoms in total. The fourth-order valence-electron chi connectivity index (χ4n) is 10.4. The summed E-state index contributed by atoms with van der Waals surface area (Å²) in [5, 5.41) is 51.9. The summed E-state index contributed by atoms with van der Waals surface area (Å²) in [6.07, 6.45) is 2.24. The van der Waals surface area contributed by atoms with Gasteiger partial charge in [-0.2, -0.15) is 0 Å². The van der Waals surface area contributed by atoms with Gasteiger partial charge in [0.15, 0.2) is 0 Å². The molecule has 1 aromatic heterocycles. The molecule has 2 aliphatic heterocycles. The van der Waals surface area contributed by atoms with Crippen LogP contribution < -0.4 is 42.5 Å². The first-order valence-electron chi connectivity index (χ1n) is 28.5. The lowest BCUT2D eigenvalue weighted by Crippen LogP contribution is -2.60. The van der Waals surface area contributed by atoms with Crippen LogP contribution in [-0.2, 0) is 78.4 Å². The van der Waals surface area contributed by atoms with Crippen LogP contribution in [0.2, 0.25) is 0 Å². The average Bonchev–Trinajstić information content (AvgIpc) is 4.28. The Bertz CT molecular complexity index is 3260. The zero-order chi connectivity index (χ0) is 61.9. The van der Waals surface area contributed by atoms with Gasteiger partial charge in [0.2, 0.25) is 59.1 Å². The van der Waals surface area contributed by atoms with Gasteiger partial charge in [-0.15, -0.1) is 0 Å². The number of likely N-dealkylation sites (N-methyl/N-ethyl adjacent to an activating group) is 1. The summed E-state index contributed by atoms with van der Waals surface area (Å²) in [5.74, 6) is -10.3. The highest BCUT2D eigenvalue weighted by Gasteiger charge is 2.40. The zero-order valence-electron chi connectivity index (χ0n) is 47.8. The quantitative estimate of drug-likeness (QED) is 0.0675.